The van der Waals surface area contributed by atoms with E-state index in [0.717, 1.165) is 0 Å². The summed E-state index contributed by atoms with van der Waals surface area (Å²) in [5.41, 5.74) is 0.562. The van der Waals surface area contributed by atoms with E-state index < -0.39 is 12.8 Å². The molecule has 0 N–H and O–H groups in total. The molecule has 0 aliphatic carbocycles. The van der Waals surface area contributed by atoms with Crippen molar-refractivity contribution in [3.63, 3.8) is 0 Å². The van der Waals surface area contributed by atoms with Gasteiger partial charge in [-0.15, -0.1) is 0 Å². The lowest BCUT2D eigenvalue weighted by Gasteiger charge is -2.34. The van der Waals surface area contributed by atoms with Crippen molar-refractivity contribution in [3.05, 3.63) is 21.6 Å². The molecular weight excluding hydrogens is 405 g/mol. The van der Waals surface area contributed by atoms with Gasteiger partial charge in [-0.2, -0.15) is 13.2 Å². The van der Waals surface area contributed by atoms with Crippen LogP contribution in [0.15, 0.2) is 8.89 Å². The number of hydrogen-bond donors (Lipinski definition) is 0. The lowest BCUT2D eigenvalue weighted by Crippen LogP contribution is -2.49. The molecule has 0 saturated carbocycles. The second kappa shape index (κ2) is 8.55. The second-order valence-electron chi connectivity index (χ2n) is 6.06. The van der Waals surface area contributed by atoms with Gasteiger partial charge in [0.25, 0.3) is 5.91 Å². The molecule has 1 aromatic heterocycles. The fourth-order valence-electron chi connectivity index (χ4n) is 2.81. The molecule has 1 aromatic rings. The number of rotatable bonds is 6. The lowest BCUT2D eigenvalue weighted by atomic mass is 10.2. The summed E-state index contributed by atoms with van der Waals surface area (Å²) in [7, 11) is 0. The van der Waals surface area contributed by atoms with Crippen LogP contribution in [-0.4, -0.2) is 67.8 Å². The van der Waals surface area contributed by atoms with Gasteiger partial charge in [0.15, 0.2) is 0 Å². The summed E-state index contributed by atoms with van der Waals surface area (Å²) in [5, 5.41) is 0. The molecule has 0 unspecified atom stereocenters. The molecule has 0 aromatic carbocycles. The van der Waals surface area contributed by atoms with Gasteiger partial charge < -0.3 is 14.1 Å². The summed E-state index contributed by atoms with van der Waals surface area (Å²) in [6, 6.07) is 0. The summed E-state index contributed by atoms with van der Waals surface area (Å²) in [5.74, 6) is 1.21. The first-order valence-corrected chi connectivity index (χ1v) is 8.90. The number of furan rings is 1. The van der Waals surface area contributed by atoms with Gasteiger partial charge >= 0.3 is 6.18 Å². The molecule has 1 aliphatic heterocycles. The van der Waals surface area contributed by atoms with Crippen LogP contribution >= 0.6 is 15.9 Å². The number of ether oxygens (including phenoxy) is 1. The quantitative estimate of drug-likeness (QED) is 0.654. The molecule has 1 saturated heterocycles. The molecule has 1 fully saturated rings. The third kappa shape index (κ3) is 5.72. The summed E-state index contributed by atoms with van der Waals surface area (Å²) < 4.78 is 46.7. The van der Waals surface area contributed by atoms with Crippen molar-refractivity contribution < 1.29 is 27.1 Å². The van der Waals surface area contributed by atoms with Crippen molar-refractivity contribution in [2.75, 3.05) is 45.9 Å². The SMILES string of the molecule is Cc1oc(C)c(C(=O)N2CCN(CCCOCC(F)(F)F)CC2)c1Br. The normalized spacial score (nSPS) is 16.5. The number of piperazine rings is 1. The zero-order chi connectivity index (χ0) is 18.6. The van der Waals surface area contributed by atoms with Gasteiger partial charge in [-0.25, -0.2) is 0 Å². The number of amides is 1. The molecule has 5 nitrogen and oxygen atoms in total. The lowest BCUT2D eigenvalue weighted by molar-refractivity contribution is -0.174. The number of carbonyl (C=O) groups is 1. The van der Waals surface area contributed by atoms with Gasteiger partial charge in [0.1, 0.15) is 18.1 Å². The minimum atomic E-state index is -4.27. The monoisotopic (exact) mass is 426 g/mol. The van der Waals surface area contributed by atoms with E-state index in [-0.39, 0.29) is 12.5 Å². The minimum Gasteiger partial charge on any atom is -0.465 e. The van der Waals surface area contributed by atoms with Gasteiger partial charge in [0.2, 0.25) is 0 Å². The molecule has 25 heavy (non-hydrogen) atoms. The van der Waals surface area contributed by atoms with Crippen LogP contribution in [-0.2, 0) is 4.74 Å². The fourth-order valence-corrected chi connectivity index (χ4v) is 3.34. The van der Waals surface area contributed by atoms with Gasteiger partial charge in [-0.3, -0.25) is 9.69 Å². The molecule has 1 aliphatic rings. The highest BCUT2D eigenvalue weighted by Crippen LogP contribution is 2.28. The van der Waals surface area contributed by atoms with E-state index in [0.29, 0.717) is 60.7 Å². The molecule has 0 radical (unpaired) electrons. The van der Waals surface area contributed by atoms with Crippen LogP contribution in [0.5, 0.6) is 0 Å². The van der Waals surface area contributed by atoms with Gasteiger partial charge in [-0.1, -0.05) is 0 Å². The summed E-state index contributed by atoms with van der Waals surface area (Å²) in [6.07, 6.45) is -3.74. The molecule has 142 valence electrons. The molecule has 0 atom stereocenters. The van der Waals surface area contributed by atoms with E-state index in [9.17, 15) is 18.0 Å². The van der Waals surface area contributed by atoms with Crippen LogP contribution in [0.4, 0.5) is 13.2 Å². The molecule has 1 amide bonds. The Morgan fingerprint density at radius 3 is 2.36 bits per heavy atom. The molecule has 9 heteroatoms. The Bertz CT molecular complexity index is 596. The van der Waals surface area contributed by atoms with Crippen LogP contribution < -0.4 is 0 Å². The predicted molar refractivity (Wildman–Crippen MR) is 89.7 cm³/mol. The predicted octanol–water partition coefficient (Wildman–Crippen LogP) is 3.39. The van der Waals surface area contributed by atoms with Crippen molar-refractivity contribution in [1.82, 2.24) is 9.80 Å². The van der Waals surface area contributed by atoms with Crippen molar-refractivity contribution in [1.29, 1.82) is 0 Å². The molecule has 2 rings (SSSR count). The first kappa shape index (κ1) is 20.3. The molecule has 0 spiro atoms. The molecular formula is C16H22BrF3N2O3. The second-order valence-corrected chi connectivity index (χ2v) is 6.85. The van der Waals surface area contributed by atoms with E-state index in [1.807, 2.05) is 0 Å². The van der Waals surface area contributed by atoms with Crippen LogP contribution in [0.1, 0.15) is 28.3 Å². The zero-order valence-corrected chi connectivity index (χ0v) is 15.9. The van der Waals surface area contributed by atoms with E-state index >= 15 is 0 Å². The Morgan fingerprint density at radius 1 is 1.20 bits per heavy atom. The topological polar surface area (TPSA) is 45.9 Å². The average molecular weight is 427 g/mol. The number of alkyl halides is 3. The maximum atomic E-state index is 12.6. The number of nitrogens with zero attached hydrogens (tertiary/aromatic N) is 2. The third-order valence-corrected chi connectivity index (χ3v) is 5.04. The smallest absolute Gasteiger partial charge is 0.411 e. The highest BCUT2D eigenvalue weighted by molar-refractivity contribution is 9.10. The van der Waals surface area contributed by atoms with E-state index in [4.69, 9.17) is 4.42 Å². The first-order chi connectivity index (χ1) is 11.7. The van der Waals surface area contributed by atoms with Gasteiger partial charge in [0, 0.05) is 39.3 Å². The average Bonchev–Trinajstić information content (AvgIpc) is 2.78. The summed E-state index contributed by atoms with van der Waals surface area (Å²) >= 11 is 3.40. The largest absolute Gasteiger partial charge is 0.465 e. The Morgan fingerprint density at radius 2 is 1.84 bits per heavy atom. The Kier molecular flexibility index (Phi) is 6.93. The highest BCUT2D eigenvalue weighted by atomic mass is 79.9. The standard InChI is InChI=1S/C16H22BrF3N2O3/c1-11-13(14(17)12(2)25-11)15(23)22-7-5-21(6-8-22)4-3-9-24-10-16(18,19)20/h3-10H2,1-2H3. The summed E-state index contributed by atoms with van der Waals surface area (Å²) in [4.78, 5) is 16.6. The minimum absolute atomic E-state index is 0.0608. The van der Waals surface area contributed by atoms with E-state index in [1.165, 1.54) is 0 Å². The molecule has 0 bridgehead atoms. The number of halogens is 4. The van der Waals surface area contributed by atoms with E-state index in [2.05, 4.69) is 25.6 Å². The van der Waals surface area contributed by atoms with Gasteiger partial charge in [0.05, 0.1) is 10.0 Å². The number of aryl methyl sites for hydroxylation is 2. The van der Waals surface area contributed by atoms with E-state index in [1.54, 1.807) is 18.7 Å². The Labute approximate surface area is 153 Å². The first-order valence-electron chi connectivity index (χ1n) is 8.10. The maximum Gasteiger partial charge on any atom is 0.411 e. The zero-order valence-electron chi connectivity index (χ0n) is 14.3. The Hall–Kier alpha value is -1.06. The van der Waals surface area contributed by atoms with Crippen molar-refractivity contribution in [2.45, 2.75) is 26.4 Å². The van der Waals surface area contributed by atoms with Crippen molar-refractivity contribution >= 4 is 21.8 Å². The fraction of sp³-hybridized carbons (Fsp3) is 0.688. The third-order valence-electron chi connectivity index (χ3n) is 4.09. The van der Waals surface area contributed by atoms with Crippen LogP contribution in [0.3, 0.4) is 0 Å². The van der Waals surface area contributed by atoms with Crippen LogP contribution in [0.2, 0.25) is 0 Å². The van der Waals surface area contributed by atoms with Crippen LogP contribution in [0.25, 0.3) is 0 Å². The summed E-state index contributed by atoms with van der Waals surface area (Å²) in [6.45, 7) is 5.66. The van der Waals surface area contributed by atoms with Gasteiger partial charge in [-0.05, 0) is 36.2 Å². The van der Waals surface area contributed by atoms with Crippen molar-refractivity contribution in [3.8, 4) is 0 Å². The number of carbonyl (C=O) groups excluding carboxylic acids is 1. The number of hydrogen-bond acceptors (Lipinski definition) is 4. The highest BCUT2D eigenvalue weighted by Gasteiger charge is 2.28. The van der Waals surface area contributed by atoms with Crippen molar-refractivity contribution in [2.24, 2.45) is 0 Å². The Balaban J connectivity index is 1.73. The maximum absolute atomic E-state index is 12.6. The van der Waals surface area contributed by atoms with Crippen LogP contribution in [0, 0.1) is 13.8 Å². The molecule has 2 heterocycles.